The lowest BCUT2D eigenvalue weighted by Gasteiger charge is -2.19. The van der Waals surface area contributed by atoms with Gasteiger partial charge in [0.25, 0.3) is 5.91 Å². The lowest BCUT2D eigenvalue weighted by molar-refractivity contribution is 0.0953. The number of rotatable bonds is 3. The Labute approximate surface area is 113 Å². The van der Waals surface area contributed by atoms with Crippen molar-refractivity contribution < 1.29 is 4.79 Å². The molecule has 4 heteroatoms. The highest BCUT2D eigenvalue weighted by atomic mass is 16.2. The molecule has 0 spiro atoms. The smallest absolute Gasteiger partial charge is 0.267 e. The minimum atomic E-state index is -0.250. The van der Waals surface area contributed by atoms with Crippen LogP contribution in [0.15, 0.2) is 36.4 Å². The van der Waals surface area contributed by atoms with Crippen LogP contribution >= 0.6 is 0 Å². The Kier molecular flexibility index (Phi) is 3.71. The molecule has 100 valence electrons. The van der Waals surface area contributed by atoms with Crippen LogP contribution < -0.4 is 11.3 Å². The van der Waals surface area contributed by atoms with Crippen molar-refractivity contribution in [3.05, 3.63) is 58.9 Å². The second-order valence-electron chi connectivity index (χ2n) is 4.71. The predicted molar refractivity (Wildman–Crippen MR) is 75.8 cm³/mol. The molecule has 0 radical (unpaired) electrons. The molecule has 4 nitrogen and oxygen atoms in total. The monoisotopic (exact) mass is 257 g/mol. The second kappa shape index (κ2) is 5.28. The average Bonchev–Trinajstić information content (AvgIpc) is 2.73. The van der Waals surface area contributed by atoms with Gasteiger partial charge in [0, 0.05) is 11.4 Å². The van der Waals surface area contributed by atoms with Gasteiger partial charge in [-0.3, -0.25) is 10.2 Å². The number of hydrogen-bond donors (Lipinski definition) is 2. The molecule has 19 heavy (non-hydrogen) atoms. The van der Waals surface area contributed by atoms with Gasteiger partial charge in [0.05, 0.1) is 11.6 Å². The van der Waals surface area contributed by atoms with E-state index in [2.05, 4.69) is 29.0 Å². The minimum Gasteiger partial charge on any atom is -0.341 e. The van der Waals surface area contributed by atoms with E-state index in [9.17, 15) is 4.79 Å². The van der Waals surface area contributed by atoms with E-state index in [1.165, 1.54) is 5.56 Å². The van der Waals surface area contributed by atoms with E-state index in [0.717, 1.165) is 11.4 Å². The number of hydrogen-bond acceptors (Lipinski definition) is 2. The molecule has 0 aliphatic heterocycles. The van der Waals surface area contributed by atoms with Crippen LogP contribution in [-0.4, -0.2) is 10.5 Å². The summed E-state index contributed by atoms with van der Waals surface area (Å²) in [6.45, 7) is 6.07. The highest BCUT2D eigenvalue weighted by Crippen LogP contribution is 2.25. The third-order valence-corrected chi connectivity index (χ3v) is 3.53. The minimum absolute atomic E-state index is 0.181. The lowest BCUT2D eigenvalue weighted by Crippen LogP contribution is -2.30. The zero-order chi connectivity index (χ0) is 14.0. The zero-order valence-corrected chi connectivity index (χ0v) is 11.5. The van der Waals surface area contributed by atoms with Crippen molar-refractivity contribution in [1.82, 2.24) is 9.99 Å². The van der Waals surface area contributed by atoms with Crippen LogP contribution in [-0.2, 0) is 0 Å². The molecule has 0 bridgehead atoms. The number of carbonyl (C=O) groups excluding carboxylic acids is 1. The molecule has 1 heterocycles. The first-order chi connectivity index (χ1) is 9.06. The van der Waals surface area contributed by atoms with Crippen LogP contribution in [0.5, 0.6) is 0 Å². The fourth-order valence-corrected chi connectivity index (χ4v) is 2.56. The van der Waals surface area contributed by atoms with Crippen molar-refractivity contribution in [2.45, 2.75) is 26.8 Å². The maximum atomic E-state index is 11.7. The van der Waals surface area contributed by atoms with Gasteiger partial charge in [-0.25, -0.2) is 5.84 Å². The predicted octanol–water partition coefficient (Wildman–Crippen LogP) is 2.32. The van der Waals surface area contributed by atoms with E-state index in [0.29, 0.717) is 5.56 Å². The van der Waals surface area contributed by atoms with Crippen molar-refractivity contribution in [1.29, 1.82) is 0 Å². The zero-order valence-electron chi connectivity index (χ0n) is 11.5. The summed E-state index contributed by atoms with van der Waals surface area (Å²) < 4.78 is 2.15. The topological polar surface area (TPSA) is 60.1 Å². The summed E-state index contributed by atoms with van der Waals surface area (Å²) >= 11 is 0. The van der Waals surface area contributed by atoms with E-state index in [4.69, 9.17) is 5.84 Å². The number of nitrogens with one attached hydrogen (secondary N) is 1. The number of nitrogens with two attached hydrogens (primary N) is 1. The molecular formula is C15H19N3O. The molecule has 2 rings (SSSR count). The number of aryl methyl sites for hydroxylation is 1. The van der Waals surface area contributed by atoms with Gasteiger partial charge in [0.2, 0.25) is 0 Å². The van der Waals surface area contributed by atoms with Crippen LogP contribution in [0, 0.1) is 13.8 Å². The molecule has 0 unspecified atom stereocenters. The van der Waals surface area contributed by atoms with Gasteiger partial charge in [-0.05, 0) is 32.4 Å². The third-order valence-electron chi connectivity index (χ3n) is 3.53. The molecular weight excluding hydrogens is 238 g/mol. The van der Waals surface area contributed by atoms with Crippen molar-refractivity contribution >= 4 is 5.91 Å². The molecule has 0 aliphatic rings. The summed E-state index contributed by atoms with van der Waals surface area (Å²) in [5.41, 5.74) is 6.00. The molecule has 2 aromatic rings. The Morgan fingerprint density at radius 1 is 1.26 bits per heavy atom. The first-order valence-electron chi connectivity index (χ1n) is 6.30. The number of hydrazine groups is 1. The first-order valence-corrected chi connectivity index (χ1v) is 6.30. The van der Waals surface area contributed by atoms with Crippen LogP contribution in [0.1, 0.15) is 40.3 Å². The van der Waals surface area contributed by atoms with Gasteiger partial charge in [-0.1, -0.05) is 30.3 Å². The second-order valence-corrected chi connectivity index (χ2v) is 4.71. The number of benzene rings is 1. The maximum absolute atomic E-state index is 11.7. The van der Waals surface area contributed by atoms with E-state index < -0.39 is 0 Å². The molecule has 1 atom stereocenters. The normalized spacial score (nSPS) is 12.2. The highest BCUT2D eigenvalue weighted by molar-refractivity contribution is 5.95. The van der Waals surface area contributed by atoms with E-state index >= 15 is 0 Å². The standard InChI is InChI=1S/C15H19N3O/c1-10-9-14(15(19)17-16)12(3)18(10)11(2)13-7-5-4-6-8-13/h4-9,11H,16H2,1-3H3,(H,17,19)/t11-/m0/s1. The van der Waals surface area contributed by atoms with Gasteiger partial charge >= 0.3 is 0 Å². The molecule has 0 fully saturated rings. The molecule has 0 saturated heterocycles. The van der Waals surface area contributed by atoms with Crippen LogP contribution in [0.25, 0.3) is 0 Å². The molecule has 1 aromatic carbocycles. The van der Waals surface area contributed by atoms with E-state index in [-0.39, 0.29) is 11.9 Å². The Hall–Kier alpha value is -2.07. The number of amides is 1. The lowest BCUT2D eigenvalue weighted by atomic mass is 10.1. The summed E-state index contributed by atoms with van der Waals surface area (Å²) in [6, 6.07) is 12.3. The van der Waals surface area contributed by atoms with Crippen molar-refractivity contribution in [2.24, 2.45) is 5.84 Å². The summed E-state index contributed by atoms with van der Waals surface area (Å²) in [5.74, 6) is 4.96. The van der Waals surface area contributed by atoms with Gasteiger partial charge < -0.3 is 4.57 Å². The quantitative estimate of drug-likeness (QED) is 0.503. The Morgan fingerprint density at radius 2 is 1.89 bits per heavy atom. The van der Waals surface area contributed by atoms with Crippen LogP contribution in [0.2, 0.25) is 0 Å². The summed E-state index contributed by atoms with van der Waals surface area (Å²) in [4.78, 5) is 11.7. The SMILES string of the molecule is Cc1cc(C(=O)NN)c(C)n1[C@@H](C)c1ccccc1. The van der Waals surface area contributed by atoms with Crippen molar-refractivity contribution in [2.75, 3.05) is 0 Å². The van der Waals surface area contributed by atoms with Gasteiger partial charge in [-0.2, -0.15) is 0 Å². The van der Waals surface area contributed by atoms with Crippen molar-refractivity contribution in [3.8, 4) is 0 Å². The fraction of sp³-hybridized carbons (Fsp3) is 0.267. The number of carbonyl (C=O) groups is 1. The fourth-order valence-electron chi connectivity index (χ4n) is 2.56. The summed E-state index contributed by atoms with van der Waals surface area (Å²) in [6.07, 6.45) is 0. The number of nitrogens with zero attached hydrogens (tertiary/aromatic N) is 1. The number of aromatic nitrogens is 1. The molecule has 3 N–H and O–H groups in total. The summed E-state index contributed by atoms with van der Waals surface area (Å²) in [5, 5.41) is 0. The van der Waals surface area contributed by atoms with Crippen LogP contribution in [0.4, 0.5) is 0 Å². The molecule has 0 saturated carbocycles. The molecule has 1 amide bonds. The Balaban J connectivity index is 2.46. The molecule has 1 aromatic heterocycles. The van der Waals surface area contributed by atoms with Gasteiger partial charge in [0.15, 0.2) is 0 Å². The van der Waals surface area contributed by atoms with Gasteiger partial charge in [0.1, 0.15) is 0 Å². The Bertz CT molecular complexity index is 587. The highest BCUT2D eigenvalue weighted by Gasteiger charge is 2.18. The van der Waals surface area contributed by atoms with E-state index in [1.54, 1.807) is 0 Å². The average molecular weight is 257 g/mol. The van der Waals surface area contributed by atoms with Crippen molar-refractivity contribution in [3.63, 3.8) is 0 Å². The maximum Gasteiger partial charge on any atom is 0.267 e. The molecule has 0 aliphatic carbocycles. The largest absolute Gasteiger partial charge is 0.341 e. The number of nitrogen functional groups attached to an aromatic ring is 1. The third kappa shape index (κ3) is 2.39. The van der Waals surface area contributed by atoms with E-state index in [1.807, 2.05) is 38.1 Å². The Morgan fingerprint density at radius 3 is 2.47 bits per heavy atom. The van der Waals surface area contributed by atoms with Crippen LogP contribution in [0.3, 0.4) is 0 Å². The first kappa shape index (κ1) is 13.4. The van der Waals surface area contributed by atoms with Gasteiger partial charge in [-0.15, -0.1) is 0 Å². The summed E-state index contributed by atoms with van der Waals surface area (Å²) in [7, 11) is 0.